The highest BCUT2D eigenvalue weighted by molar-refractivity contribution is 5.69. The van der Waals surface area contributed by atoms with Gasteiger partial charge in [0.2, 0.25) is 0 Å². The summed E-state index contributed by atoms with van der Waals surface area (Å²) in [5, 5.41) is 0. The van der Waals surface area contributed by atoms with E-state index in [0.29, 0.717) is 6.54 Å². The van der Waals surface area contributed by atoms with Crippen LogP contribution in [0, 0.1) is 0 Å². The fourth-order valence-corrected chi connectivity index (χ4v) is 0.992. The number of hydrogen-bond donors (Lipinski definition) is 2. The smallest absolute Gasteiger partial charge is 0.177 e. The Balaban J connectivity index is 2.69. The van der Waals surface area contributed by atoms with E-state index in [0.717, 1.165) is 17.0 Å². The lowest BCUT2D eigenvalue weighted by Crippen LogP contribution is -1.97. The molecule has 2 aromatic heterocycles. The van der Waals surface area contributed by atoms with E-state index in [-0.39, 0.29) is 0 Å². The Hall–Kier alpha value is -1.42. The van der Waals surface area contributed by atoms with Crippen molar-refractivity contribution in [2.24, 2.45) is 5.73 Å². The zero-order chi connectivity index (χ0) is 7.68. The van der Waals surface area contributed by atoms with E-state index in [1.165, 1.54) is 0 Å². The topological polar surface area (TPSA) is 67.6 Å². The number of imidazole rings is 1. The van der Waals surface area contributed by atoms with Gasteiger partial charge in [-0.3, -0.25) is 0 Å². The minimum absolute atomic E-state index is 0.427. The van der Waals surface area contributed by atoms with Gasteiger partial charge in [-0.2, -0.15) is 0 Å². The number of hydrogen-bond acceptors (Lipinski definition) is 3. The minimum Gasteiger partial charge on any atom is -0.340 e. The molecule has 0 radical (unpaired) electrons. The van der Waals surface area contributed by atoms with Crippen LogP contribution < -0.4 is 5.73 Å². The van der Waals surface area contributed by atoms with Crippen LogP contribution in [0.25, 0.3) is 11.2 Å². The van der Waals surface area contributed by atoms with E-state index in [9.17, 15) is 0 Å². The highest BCUT2D eigenvalue weighted by Gasteiger charge is 1.98. The number of rotatable bonds is 1. The van der Waals surface area contributed by atoms with Crippen molar-refractivity contribution >= 4 is 11.2 Å². The summed E-state index contributed by atoms with van der Waals surface area (Å²) >= 11 is 0. The van der Waals surface area contributed by atoms with E-state index in [1.54, 1.807) is 6.20 Å². The highest BCUT2D eigenvalue weighted by atomic mass is 15.0. The summed E-state index contributed by atoms with van der Waals surface area (Å²) < 4.78 is 0. The van der Waals surface area contributed by atoms with Crippen molar-refractivity contribution < 1.29 is 0 Å². The van der Waals surface area contributed by atoms with Crippen molar-refractivity contribution in [1.29, 1.82) is 0 Å². The average Bonchev–Trinajstić information content (AvgIpc) is 2.46. The van der Waals surface area contributed by atoms with Gasteiger partial charge in [0.15, 0.2) is 5.65 Å². The van der Waals surface area contributed by atoms with Gasteiger partial charge in [-0.15, -0.1) is 0 Å². The van der Waals surface area contributed by atoms with Gasteiger partial charge in [0.05, 0.1) is 12.1 Å². The maximum atomic E-state index is 5.39. The zero-order valence-corrected chi connectivity index (χ0v) is 5.91. The molecule has 3 N–H and O–H groups in total. The molecule has 0 unspecified atom stereocenters. The number of aromatic amines is 1. The predicted octanol–water partition coefficient (Wildman–Crippen LogP) is 0.417. The van der Waals surface area contributed by atoms with Crippen LogP contribution in [-0.2, 0) is 6.54 Å². The number of fused-ring (bicyclic) bond motifs is 1. The molecule has 0 fully saturated rings. The molecule has 2 heterocycles. The third-order valence-electron chi connectivity index (χ3n) is 1.50. The minimum atomic E-state index is 0.427. The van der Waals surface area contributed by atoms with Gasteiger partial charge in [-0.1, -0.05) is 0 Å². The maximum absolute atomic E-state index is 5.39. The number of nitrogens with one attached hydrogen (secondary N) is 1. The molecule has 0 amide bonds. The van der Waals surface area contributed by atoms with Crippen molar-refractivity contribution in [3.8, 4) is 0 Å². The molecule has 4 heteroatoms. The first-order chi connectivity index (χ1) is 5.40. The van der Waals surface area contributed by atoms with Crippen LogP contribution in [0.2, 0.25) is 0 Å². The lowest BCUT2D eigenvalue weighted by molar-refractivity contribution is 0.956. The van der Waals surface area contributed by atoms with E-state index in [4.69, 9.17) is 5.73 Å². The molecule has 56 valence electrons. The van der Waals surface area contributed by atoms with Crippen LogP contribution in [0.4, 0.5) is 0 Å². The molecule has 2 aromatic rings. The molecule has 0 spiro atoms. The second kappa shape index (κ2) is 2.32. The summed E-state index contributed by atoms with van der Waals surface area (Å²) in [7, 11) is 0. The quantitative estimate of drug-likeness (QED) is 0.615. The lowest BCUT2D eigenvalue weighted by Gasteiger charge is -1.81. The van der Waals surface area contributed by atoms with Gasteiger partial charge < -0.3 is 10.7 Å². The van der Waals surface area contributed by atoms with Crippen LogP contribution >= 0.6 is 0 Å². The monoisotopic (exact) mass is 148 g/mol. The van der Waals surface area contributed by atoms with Gasteiger partial charge in [-0.25, -0.2) is 9.97 Å². The fraction of sp³-hybridized carbons (Fsp3) is 0.143. The molecule has 0 aliphatic heterocycles. The van der Waals surface area contributed by atoms with Crippen LogP contribution in [0.3, 0.4) is 0 Å². The van der Waals surface area contributed by atoms with Gasteiger partial charge in [0, 0.05) is 6.20 Å². The molecular formula is C7H8N4. The molecular weight excluding hydrogens is 140 g/mol. The standard InChI is InChI=1S/C7H8N4/c8-4-6-10-5-2-1-3-9-7(5)11-6/h1-3H,4,8H2,(H,9,10,11). The van der Waals surface area contributed by atoms with E-state index in [1.807, 2.05) is 12.1 Å². The fourth-order valence-electron chi connectivity index (χ4n) is 0.992. The Morgan fingerprint density at radius 3 is 3.18 bits per heavy atom. The summed E-state index contributed by atoms with van der Waals surface area (Å²) in [5.41, 5.74) is 7.06. The molecule has 0 atom stereocenters. The highest BCUT2D eigenvalue weighted by Crippen LogP contribution is 2.05. The van der Waals surface area contributed by atoms with Gasteiger partial charge >= 0.3 is 0 Å². The van der Waals surface area contributed by atoms with Crippen LogP contribution in [0.5, 0.6) is 0 Å². The summed E-state index contributed by atoms with van der Waals surface area (Å²) in [6, 6.07) is 3.79. The Labute approximate surface area is 63.5 Å². The van der Waals surface area contributed by atoms with E-state index in [2.05, 4.69) is 15.0 Å². The second-order valence-electron chi connectivity index (χ2n) is 2.26. The summed E-state index contributed by atoms with van der Waals surface area (Å²) in [4.78, 5) is 11.2. The zero-order valence-electron chi connectivity index (χ0n) is 5.91. The predicted molar refractivity (Wildman–Crippen MR) is 41.8 cm³/mol. The lowest BCUT2D eigenvalue weighted by atomic mass is 10.4. The van der Waals surface area contributed by atoms with Crippen molar-refractivity contribution in [3.05, 3.63) is 24.2 Å². The average molecular weight is 148 g/mol. The summed E-state index contributed by atoms with van der Waals surface area (Å²) in [6.45, 7) is 0.427. The molecule has 0 aliphatic rings. The Kier molecular flexibility index (Phi) is 1.33. The van der Waals surface area contributed by atoms with Crippen LogP contribution in [0.15, 0.2) is 18.3 Å². The molecule has 0 saturated carbocycles. The Morgan fingerprint density at radius 1 is 1.55 bits per heavy atom. The number of H-pyrrole nitrogens is 1. The first-order valence-electron chi connectivity index (χ1n) is 3.40. The summed E-state index contributed by atoms with van der Waals surface area (Å²) in [5.74, 6) is 0.777. The van der Waals surface area contributed by atoms with Crippen LogP contribution in [0.1, 0.15) is 5.82 Å². The Morgan fingerprint density at radius 2 is 2.45 bits per heavy atom. The largest absolute Gasteiger partial charge is 0.340 e. The van der Waals surface area contributed by atoms with Gasteiger partial charge in [-0.05, 0) is 12.1 Å². The van der Waals surface area contributed by atoms with Crippen molar-refractivity contribution in [2.45, 2.75) is 6.54 Å². The SMILES string of the molecule is NCc1nc2ncccc2[nH]1. The van der Waals surface area contributed by atoms with Crippen molar-refractivity contribution in [2.75, 3.05) is 0 Å². The van der Waals surface area contributed by atoms with E-state index < -0.39 is 0 Å². The number of pyridine rings is 1. The van der Waals surface area contributed by atoms with E-state index >= 15 is 0 Å². The van der Waals surface area contributed by atoms with Gasteiger partial charge in [0.25, 0.3) is 0 Å². The molecule has 4 nitrogen and oxygen atoms in total. The van der Waals surface area contributed by atoms with Crippen molar-refractivity contribution in [1.82, 2.24) is 15.0 Å². The normalized spacial score (nSPS) is 10.6. The molecule has 0 aliphatic carbocycles. The molecule has 0 saturated heterocycles. The first-order valence-corrected chi connectivity index (χ1v) is 3.40. The first kappa shape index (κ1) is 6.30. The number of nitrogens with two attached hydrogens (primary N) is 1. The van der Waals surface area contributed by atoms with Crippen molar-refractivity contribution in [3.63, 3.8) is 0 Å². The maximum Gasteiger partial charge on any atom is 0.177 e. The summed E-state index contributed by atoms with van der Waals surface area (Å²) in [6.07, 6.45) is 1.71. The number of aromatic nitrogens is 3. The number of nitrogens with zero attached hydrogens (tertiary/aromatic N) is 2. The molecule has 0 bridgehead atoms. The molecule has 0 aromatic carbocycles. The molecule has 11 heavy (non-hydrogen) atoms. The Bertz CT molecular complexity index is 332. The third kappa shape index (κ3) is 0.969. The van der Waals surface area contributed by atoms with Crippen LogP contribution in [-0.4, -0.2) is 15.0 Å². The molecule has 2 rings (SSSR count). The van der Waals surface area contributed by atoms with Gasteiger partial charge in [0.1, 0.15) is 5.82 Å². The third-order valence-corrected chi connectivity index (χ3v) is 1.50. The second-order valence-corrected chi connectivity index (χ2v) is 2.26.